The second-order valence-electron chi connectivity index (χ2n) is 6.18. The molecule has 8 heteroatoms. The van der Waals surface area contributed by atoms with Crippen molar-refractivity contribution in [1.29, 1.82) is 0 Å². The third-order valence-electron chi connectivity index (χ3n) is 4.24. The summed E-state index contributed by atoms with van der Waals surface area (Å²) in [4.78, 5) is 28.9. The standard InChI is InChI=1S/C22H16N2O5S/c25-20(18-10-5-13-28-18)23(15-17-9-4-12-27-17)22(30)24(16-7-2-1-3-8-16)21(26)19-11-6-14-29-19/h1-14H,15H2. The van der Waals surface area contributed by atoms with E-state index < -0.39 is 11.8 Å². The van der Waals surface area contributed by atoms with Crippen LogP contribution >= 0.6 is 12.2 Å². The topological polar surface area (TPSA) is 80.0 Å². The highest BCUT2D eigenvalue weighted by Crippen LogP contribution is 2.22. The first kappa shape index (κ1) is 19.4. The fourth-order valence-corrected chi connectivity index (χ4v) is 3.18. The number of nitrogens with zero attached hydrogens (tertiary/aromatic N) is 2. The number of rotatable bonds is 5. The third-order valence-corrected chi connectivity index (χ3v) is 4.65. The van der Waals surface area contributed by atoms with E-state index >= 15 is 0 Å². The van der Waals surface area contributed by atoms with Gasteiger partial charge in [-0.05, 0) is 60.7 Å². The van der Waals surface area contributed by atoms with Gasteiger partial charge in [0.2, 0.25) is 0 Å². The fourth-order valence-electron chi connectivity index (χ4n) is 2.84. The number of hydrogen-bond acceptors (Lipinski definition) is 6. The number of benzene rings is 1. The number of carbonyl (C=O) groups excluding carboxylic acids is 2. The molecule has 0 fully saturated rings. The van der Waals surface area contributed by atoms with Crippen molar-refractivity contribution in [2.75, 3.05) is 4.90 Å². The molecule has 0 atom stereocenters. The number of para-hydroxylation sites is 1. The van der Waals surface area contributed by atoms with Gasteiger partial charge in [0.1, 0.15) is 5.76 Å². The van der Waals surface area contributed by atoms with E-state index in [9.17, 15) is 9.59 Å². The van der Waals surface area contributed by atoms with Crippen LogP contribution in [0.5, 0.6) is 0 Å². The zero-order valence-corrected chi connectivity index (χ0v) is 16.5. The minimum absolute atomic E-state index is 0.0140. The quantitative estimate of drug-likeness (QED) is 0.434. The summed E-state index contributed by atoms with van der Waals surface area (Å²) in [6, 6.07) is 18.5. The predicted octanol–water partition coefficient (Wildman–Crippen LogP) is 4.74. The lowest BCUT2D eigenvalue weighted by molar-refractivity contribution is 0.0801. The van der Waals surface area contributed by atoms with Crippen LogP contribution in [0.1, 0.15) is 26.9 Å². The minimum atomic E-state index is -0.507. The van der Waals surface area contributed by atoms with Crippen LogP contribution in [-0.4, -0.2) is 21.8 Å². The Labute approximate surface area is 177 Å². The Bertz CT molecular complexity index is 1120. The van der Waals surface area contributed by atoms with Crippen molar-refractivity contribution in [3.8, 4) is 0 Å². The Kier molecular flexibility index (Phi) is 5.58. The Hall–Kier alpha value is -3.91. The maximum atomic E-state index is 13.2. The van der Waals surface area contributed by atoms with E-state index in [1.807, 2.05) is 6.07 Å². The van der Waals surface area contributed by atoms with E-state index in [1.54, 1.807) is 48.5 Å². The van der Waals surface area contributed by atoms with E-state index in [-0.39, 0.29) is 23.2 Å². The molecule has 0 saturated carbocycles. The van der Waals surface area contributed by atoms with Crippen LogP contribution in [0.25, 0.3) is 0 Å². The van der Waals surface area contributed by atoms with Crippen molar-refractivity contribution >= 4 is 34.8 Å². The van der Waals surface area contributed by atoms with Crippen LogP contribution in [0, 0.1) is 0 Å². The molecule has 4 rings (SSSR count). The molecule has 150 valence electrons. The molecule has 0 unspecified atom stereocenters. The van der Waals surface area contributed by atoms with Crippen LogP contribution in [0.3, 0.4) is 0 Å². The molecule has 0 radical (unpaired) electrons. The lowest BCUT2D eigenvalue weighted by atomic mass is 10.2. The molecule has 1 aromatic carbocycles. The first-order valence-electron chi connectivity index (χ1n) is 9.00. The van der Waals surface area contributed by atoms with Crippen LogP contribution in [0.2, 0.25) is 0 Å². The summed E-state index contributed by atoms with van der Waals surface area (Å²) in [5.41, 5.74) is 0.487. The summed E-state index contributed by atoms with van der Waals surface area (Å²) < 4.78 is 15.9. The summed E-state index contributed by atoms with van der Waals surface area (Å²) in [6.45, 7) is 0.0140. The molecule has 0 saturated heterocycles. The molecular formula is C22H16N2O5S. The molecule has 3 heterocycles. The molecule has 7 nitrogen and oxygen atoms in total. The van der Waals surface area contributed by atoms with Crippen molar-refractivity contribution in [1.82, 2.24) is 4.90 Å². The molecule has 3 aromatic heterocycles. The van der Waals surface area contributed by atoms with E-state index in [0.717, 1.165) is 0 Å². The van der Waals surface area contributed by atoms with E-state index in [4.69, 9.17) is 25.5 Å². The number of anilines is 1. The smallest absolute Gasteiger partial charge is 0.300 e. The second-order valence-corrected chi connectivity index (χ2v) is 6.55. The molecular weight excluding hydrogens is 404 g/mol. The summed E-state index contributed by atoms with van der Waals surface area (Å²) in [6.07, 6.45) is 4.29. The molecule has 0 bridgehead atoms. The van der Waals surface area contributed by atoms with Crippen LogP contribution in [-0.2, 0) is 6.54 Å². The van der Waals surface area contributed by atoms with Gasteiger partial charge in [0, 0.05) is 0 Å². The zero-order chi connectivity index (χ0) is 20.9. The van der Waals surface area contributed by atoms with Crippen LogP contribution < -0.4 is 4.90 Å². The van der Waals surface area contributed by atoms with Gasteiger partial charge in [-0.3, -0.25) is 14.5 Å². The zero-order valence-electron chi connectivity index (χ0n) is 15.6. The first-order chi connectivity index (χ1) is 14.6. The van der Waals surface area contributed by atoms with Crippen LogP contribution in [0.15, 0.2) is 98.8 Å². The van der Waals surface area contributed by atoms with Gasteiger partial charge in [-0.1, -0.05) is 18.2 Å². The van der Waals surface area contributed by atoms with Crippen molar-refractivity contribution < 1.29 is 22.8 Å². The van der Waals surface area contributed by atoms with Gasteiger partial charge in [-0.2, -0.15) is 0 Å². The Morgan fingerprint density at radius 3 is 1.90 bits per heavy atom. The first-order valence-corrected chi connectivity index (χ1v) is 9.40. The number of amides is 2. The van der Waals surface area contributed by atoms with Gasteiger partial charge in [0.05, 0.1) is 31.0 Å². The average molecular weight is 420 g/mol. The Morgan fingerprint density at radius 2 is 1.33 bits per heavy atom. The largest absolute Gasteiger partial charge is 0.467 e. The predicted molar refractivity (Wildman–Crippen MR) is 112 cm³/mol. The molecule has 2 amide bonds. The molecule has 0 aliphatic heterocycles. The molecule has 0 N–H and O–H groups in total. The second kappa shape index (κ2) is 8.62. The molecule has 4 aromatic rings. The normalized spacial score (nSPS) is 10.5. The maximum Gasteiger partial charge on any atom is 0.300 e. The third kappa shape index (κ3) is 3.94. The van der Waals surface area contributed by atoms with E-state index in [1.165, 1.54) is 40.7 Å². The number of thiocarbonyl (C=S) groups is 1. The SMILES string of the molecule is O=C(c1ccco1)N(Cc1ccco1)C(=S)N(C(=O)c1ccco1)c1ccccc1. The van der Waals surface area contributed by atoms with Gasteiger partial charge in [0.25, 0.3) is 11.8 Å². The lowest BCUT2D eigenvalue weighted by Crippen LogP contribution is -2.48. The van der Waals surface area contributed by atoms with E-state index in [0.29, 0.717) is 11.4 Å². The number of carbonyl (C=O) groups is 2. The van der Waals surface area contributed by atoms with Crippen molar-refractivity contribution in [3.63, 3.8) is 0 Å². The van der Waals surface area contributed by atoms with Gasteiger partial charge < -0.3 is 13.3 Å². The lowest BCUT2D eigenvalue weighted by Gasteiger charge is -2.29. The monoisotopic (exact) mass is 420 g/mol. The van der Waals surface area contributed by atoms with Gasteiger partial charge in [-0.25, -0.2) is 4.90 Å². The summed E-state index contributed by atoms with van der Waals surface area (Å²) >= 11 is 5.64. The van der Waals surface area contributed by atoms with Crippen molar-refractivity contribution in [3.05, 3.63) is 103 Å². The maximum absolute atomic E-state index is 13.2. The average Bonchev–Trinajstić information content (AvgIpc) is 3.55. The Balaban J connectivity index is 1.75. The van der Waals surface area contributed by atoms with Crippen LogP contribution in [0.4, 0.5) is 5.69 Å². The Morgan fingerprint density at radius 1 is 0.733 bits per heavy atom. The minimum Gasteiger partial charge on any atom is -0.467 e. The van der Waals surface area contributed by atoms with Gasteiger partial charge in [0.15, 0.2) is 16.6 Å². The summed E-state index contributed by atoms with van der Waals surface area (Å²) in [7, 11) is 0. The highest BCUT2D eigenvalue weighted by atomic mass is 32.1. The van der Waals surface area contributed by atoms with E-state index in [2.05, 4.69) is 0 Å². The highest BCUT2D eigenvalue weighted by molar-refractivity contribution is 7.80. The number of furan rings is 3. The molecule has 0 spiro atoms. The van der Waals surface area contributed by atoms with Crippen molar-refractivity contribution in [2.24, 2.45) is 0 Å². The van der Waals surface area contributed by atoms with Gasteiger partial charge >= 0.3 is 0 Å². The molecule has 0 aliphatic carbocycles. The molecule has 0 aliphatic rings. The number of hydrogen-bond donors (Lipinski definition) is 0. The highest BCUT2D eigenvalue weighted by Gasteiger charge is 2.32. The summed E-state index contributed by atoms with van der Waals surface area (Å²) in [5, 5.41) is -0.0413. The summed E-state index contributed by atoms with van der Waals surface area (Å²) in [5.74, 6) is -0.342. The van der Waals surface area contributed by atoms with Crippen molar-refractivity contribution in [2.45, 2.75) is 6.54 Å². The fraction of sp³-hybridized carbons (Fsp3) is 0.0455. The molecule has 30 heavy (non-hydrogen) atoms. The van der Waals surface area contributed by atoms with Gasteiger partial charge in [-0.15, -0.1) is 0 Å².